The average Bonchev–Trinajstić information content (AvgIpc) is 3.09. The average molecular weight is 329 g/mol. The molecule has 23 heavy (non-hydrogen) atoms. The van der Waals surface area contributed by atoms with Gasteiger partial charge >= 0.3 is 0 Å². The third-order valence-electron chi connectivity index (χ3n) is 3.13. The number of amides is 1. The summed E-state index contributed by atoms with van der Waals surface area (Å²) in [6.45, 7) is 0. The molecule has 2 heterocycles. The number of hydrogen-bond donors (Lipinski definition) is 2. The van der Waals surface area contributed by atoms with Crippen LogP contribution in [-0.4, -0.2) is 32.7 Å². The fourth-order valence-corrected chi connectivity index (χ4v) is 2.25. The SMILES string of the molecule is CNc1cc(C(=O)Nc2cccc(-n3cnnc3)c2)cc(Cl)n1. The van der Waals surface area contributed by atoms with E-state index in [1.807, 2.05) is 18.2 Å². The Labute approximate surface area is 137 Å². The van der Waals surface area contributed by atoms with E-state index in [1.165, 1.54) is 6.07 Å². The van der Waals surface area contributed by atoms with Crippen molar-refractivity contribution in [3.05, 3.63) is 59.8 Å². The van der Waals surface area contributed by atoms with Gasteiger partial charge in [0.2, 0.25) is 0 Å². The Morgan fingerprint density at radius 1 is 1.17 bits per heavy atom. The predicted octanol–water partition coefficient (Wildman–Crippen LogP) is 2.61. The first-order valence-electron chi connectivity index (χ1n) is 6.77. The quantitative estimate of drug-likeness (QED) is 0.719. The van der Waals surface area contributed by atoms with E-state index in [0.29, 0.717) is 17.1 Å². The largest absolute Gasteiger partial charge is 0.373 e. The maximum atomic E-state index is 12.4. The van der Waals surface area contributed by atoms with Crippen molar-refractivity contribution < 1.29 is 4.79 Å². The minimum Gasteiger partial charge on any atom is -0.373 e. The van der Waals surface area contributed by atoms with Crippen molar-refractivity contribution in [3.8, 4) is 5.69 Å². The highest BCUT2D eigenvalue weighted by atomic mass is 35.5. The van der Waals surface area contributed by atoms with Crippen molar-refractivity contribution in [2.24, 2.45) is 0 Å². The number of anilines is 2. The fourth-order valence-electron chi connectivity index (χ4n) is 2.04. The predicted molar refractivity (Wildman–Crippen MR) is 88.1 cm³/mol. The maximum Gasteiger partial charge on any atom is 0.255 e. The van der Waals surface area contributed by atoms with E-state index in [-0.39, 0.29) is 11.1 Å². The van der Waals surface area contributed by atoms with E-state index in [4.69, 9.17) is 11.6 Å². The summed E-state index contributed by atoms with van der Waals surface area (Å²) in [5.74, 6) is 0.257. The van der Waals surface area contributed by atoms with Gasteiger partial charge in [0.05, 0.1) is 5.69 Å². The Hall–Kier alpha value is -2.93. The van der Waals surface area contributed by atoms with Crippen LogP contribution in [0.15, 0.2) is 49.1 Å². The minimum atomic E-state index is -0.272. The number of hydrogen-bond acceptors (Lipinski definition) is 5. The van der Waals surface area contributed by atoms with Gasteiger partial charge in [-0.1, -0.05) is 17.7 Å². The number of nitrogens with zero attached hydrogens (tertiary/aromatic N) is 4. The van der Waals surface area contributed by atoms with Crippen LogP contribution in [0.1, 0.15) is 10.4 Å². The van der Waals surface area contributed by atoms with Gasteiger partial charge in [-0.15, -0.1) is 10.2 Å². The van der Waals surface area contributed by atoms with E-state index in [0.717, 1.165) is 5.69 Å². The standard InChI is InChI=1S/C15H13ClN6O/c1-17-14-6-10(5-13(16)21-14)15(23)20-11-3-2-4-12(7-11)22-8-18-19-9-22/h2-9H,1H3,(H,17,21)(H,20,23). The van der Waals surface area contributed by atoms with E-state index in [9.17, 15) is 4.79 Å². The normalized spacial score (nSPS) is 10.3. The molecule has 0 atom stereocenters. The zero-order valence-corrected chi connectivity index (χ0v) is 12.9. The molecular formula is C15H13ClN6O. The molecule has 3 rings (SSSR count). The molecule has 1 amide bonds. The summed E-state index contributed by atoms with van der Waals surface area (Å²) in [5, 5.41) is 13.5. The van der Waals surface area contributed by atoms with Crippen LogP contribution < -0.4 is 10.6 Å². The van der Waals surface area contributed by atoms with Gasteiger partial charge in [-0.05, 0) is 30.3 Å². The van der Waals surface area contributed by atoms with Gasteiger partial charge in [0.25, 0.3) is 5.91 Å². The van der Waals surface area contributed by atoms with E-state index < -0.39 is 0 Å². The van der Waals surface area contributed by atoms with Crippen molar-refractivity contribution in [1.82, 2.24) is 19.7 Å². The molecule has 7 nitrogen and oxygen atoms in total. The van der Waals surface area contributed by atoms with Gasteiger partial charge in [0.1, 0.15) is 23.6 Å². The second-order valence-corrected chi connectivity index (χ2v) is 5.07. The molecule has 2 N–H and O–H groups in total. The van der Waals surface area contributed by atoms with Crippen molar-refractivity contribution in [3.63, 3.8) is 0 Å². The zero-order chi connectivity index (χ0) is 16.2. The fraction of sp³-hybridized carbons (Fsp3) is 0.0667. The third-order valence-corrected chi connectivity index (χ3v) is 3.33. The smallest absolute Gasteiger partial charge is 0.255 e. The highest BCUT2D eigenvalue weighted by molar-refractivity contribution is 6.30. The molecule has 0 aliphatic rings. The Bertz CT molecular complexity index is 834. The molecule has 0 saturated carbocycles. The van der Waals surface area contributed by atoms with Crippen LogP contribution in [0.2, 0.25) is 5.15 Å². The number of carbonyl (C=O) groups is 1. The molecule has 0 radical (unpaired) electrons. The molecule has 0 aliphatic heterocycles. The summed E-state index contributed by atoms with van der Waals surface area (Å²) in [6, 6.07) is 10.5. The van der Waals surface area contributed by atoms with Gasteiger partial charge in [-0.25, -0.2) is 4.98 Å². The highest BCUT2D eigenvalue weighted by Crippen LogP contribution is 2.18. The summed E-state index contributed by atoms with van der Waals surface area (Å²) >= 11 is 5.92. The Morgan fingerprint density at radius 2 is 1.96 bits per heavy atom. The first-order valence-corrected chi connectivity index (χ1v) is 7.15. The highest BCUT2D eigenvalue weighted by Gasteiger charge is 2.10. The van der Waals surface area contributed by atoms with Crippen LogP contribution in [0, 0.1) is 0 Å². The molecule has 0 spiro atoms. The summed E-state index contributed by atoms with van der Waals surface area (Å²) in [5.41, 5.74) is 1.92. The van der Waals surface area contributed by atoms with Crippen LogP contribution in [0.3, 0.4) is 0 Å². The molecule has 116 valence electrons. The van der Waals surface area contributed by atoms with Crippen LogP contribution in [0.5, 0.6) is 0 Å². The molecule has 0 saturated heterocycles. The molecule has 3 aromatic rings. The lowest BCUT2D eigenvalue weighted by molar-refractivity contribution is 0.102. The summed E-state index contributed by atoms with van der Waals surface area (Å²) in [6.07, 6.45) is 3.17. The lowest BCUT2D eigenvalue weighted by Gasteiger charge is -2.09. The monoisotopic (exact) mass is 328 g/mol. The van der Waals surface area contributed by atoms with Crippen molar-refractivity contribution in [2.75, 3.05) is 17.7 Å². The van der Waals surface area contributed by atoms with Crippen molar-refractivity contribution in [2.45, 2.75) is 0 Å². The second kappa shape index (κ2) is 6.45. The Kier molecular flexibility index (Phi) is 4.20. The van der Waals surface area contributed by atoms with Gasteiger partial charge in [0.15, 0.2) is 0 Å². The maximum absolute atomic E-state index is 12.4. The first kappa shape index (κ1) is 15.0. The van der Waals surface area contributed by atoms with E-state index in [2.05, 4.69) is 25.8 Å². The number of halogens is 1. The minimum absolute atomic E-state index is 0.250. The van der Waals surface area contributed by atoms with E-state index in [1.54, 1.807) is 36.4 Å². The van der Waals surface area contributed by atoms with Gasteiger partial charge in [-0.3, -0.25) is 9.36 Å². The zero-order valence-electron chi connectivity index (χ0n) is 12.2. The van der Waals surface area contributed by atoms with Crippen LogP contribution >= 0.6 is 11.6 Å². The van der Waals surface area contributed by atoms with Gasteiger partial charge in [-0.2, -0.15) is 0 Å². The van der Waals surface area contributed by atoms with Crippen LogP contribution in [0.25, 0.3) is 5.69 Å². The van der Waals surface area contributed by atoms with Gasteiger partial charge < -0.3 is 10.6 Å². The Morgan fingerprint density at radius 3 is 2.70 bits per heavy atom. The van der Waals surface area contributed by atoms with Crippen LogP contribution in [0.4, 0.5) is 11.5 Å². The second-order valence-electron chi connectivity index (χ2n) is 4.69. The molecule has 8 heteroatoms. The van der Waals surface area contributed by atoms with E-state index >= 15 is 0 Å². The number of aromatic nitrogens is 4. The molecule has 0 fully saturated rings. The summed E-state index contributed by atoms with van der Waals surface area (Å²) in [7, 11) is 1.71. The number of pyridine rings is 1. The lowest BCUT2D eigenvalue weighted by atomic mass is 10.2. The first-order chi connectivity index (χ1) is 11.2. The number of nitrogens with one attached hydrogen (secondary N) is 2. The van der Waals surface area contributed by atoms with Crippen molar-refractivity contribution in [1.29, 1.82) is 0 Å². The summed E-state index contributed by atoms with van der Waals surface area (Å²) < 4.78 is 1.75. The molecule has 2 aromatic heterocycles. The van der Waals surface area contributed by atoms with Gasteiger partial charge in [0, 0.05) is 18.3 Å². The number of carbonyl (C=O) groups excluding carboxylic acids is 1. The number of benzene rings is 1. The topological polar surface area (TPSA) is 84.7 Å². The lowest BCUT2D eigenvalue weighted by Crippen LogP contribution is -2.13. The Balaban J connectivity index is 1.83. The summed E-state index contributed by atoms with van der Waals surface area (Å²) in [4.78, 5) is 16.4. The van der Waals surface area contributed by atoms with Crippen LogP contribution in [-0.2, 0) is 0 Å². The number of rotatable bonds is 4. The molecule has 1 aromatic carbocycles. The molecule has 0 unspecified atom stereocenters. The van der Waals surface area contributed by atoms with Crippen molar-refractivity contribution >= 4 is 29.0 Å². The molecule has 0 bridgehead atoms. The third kappa shape index (κ3) is 3.46. The molecule has 0 aliphatic carbocycles. The molecular weight excluding hydrogens is 316 g/mol.